The van der Waals surface area contributed by atoms with Crippen molar-refractivity contribution in [3.63, 3.8) is 0 Å². The maximum Gasteiger partial charge on any atom is 0.331 e. The summed E-state index contributed by atoms with van der Waals surface area (Å²) in [6.07, 6.45) is 13.8. The first-order valence-electron chi connectivity index (χ1n) is 12.5. The Morgan fingerprint density at radius 1 is 1.06 bits per heavy atom. The van der Waals surface area contributed by atoms with Crippen molar-refractivity contribution in [2.45, 2.75) is 93.8 Å². The molecule has 0 bridgehead atoms. The number of anilines is 1. The average Bonchev–Trinajstić information content (AvgIpc) is 3.38. The van der Waals surface area contributed by atoms with Crippen LogP contribution in [0.5, 0.6) is 0 Å². The van der Waals surface area contributed by atoms with Gasteiger partial charge in [0.25, 0.3) is 5.56 Å². The minimum absolute atomic E-state index is 0.120. The highest BCUT2D eigenvalue weighted by atomic mass is 16.5. The number of aromatic nitrogens is 4. The number of nitrogens with one attached hydrogen (secondary N) is 1. The number of H-pyrrole nitrogens is 1. The molecule has 2 N–H and O–H groups in total. The number of hydrogen-bond acceptors (Lipinski definition) is 5. The second-order valence-electron chi connectivity index (χ2n) is 7.15. The fraction of sp³-hybridized carbons (Fsp3) is 0.519. The van der Waals surface area contributed by atoms with E-state index in [1.54, 1.807) is 29.1 Å². The molecule has 0 saturated carbocycles. The first-order valence-corrected chi connectivity index (χ1v) is 12.5. The molecule has 0 atom stereocenters. The normalized spacial score (nSPS) is 9.71. The van der Waals surface area contributed by atoms with E-state index in [2.05, 4.69) is 42.4 Å². The van der Waals surface area contributed by atoms with Crippen LogP contribution in [0.4, 0.5) is 5.69 Å². The molecule has 0 radical (unpaired) electrons. The Bertz CT molecular complexity index is 950. The lowest BCUT2D eigenvalue weighted by Gasteiger charge is -2.23. The molecule has 2 aromatic rings. The van der Waals surface area contributed by atoms with Crippen LogP contribution in [0.25, 0.3) is 0 Å². The highest BCUT2D eigenvalue weighted by Crippen LogP contribution is 2.16. The van der Waals surface area contributed by atoms with E-state index in [1.165, 1.54) is 4.57 Å². The van der Waals surface area contributed by atoms with Gasteiger partial charge in [-0.15, -0.1) is 0 Å². The van der Waals surface area contributed by atoms with Gasteiger partial charge in [-0.25, -0.2) is 9.86 Å². The Balaban J connectivity index is 0. The Morgan fingerprint density at radius 2 is 1.63 bits per heavy atom. The predicted octanol–water partition coefficient (Wildman–Crippen LogP) is 5.87. The van der Waals surface area contributed by atoms with E-state index >= 15 is 0 Å². The van der Waals surface area contributed by atoms with Gasteiger partial charge in [0.05, 0.1) is 18.4 Å². The van der Waals surface area contributed by atoms with Crippen molar-refractivity contribution in [1.29, 1.82) is 0 Å². The summed E-state index contributed by atoms with van der Waals surface area (Å²) in [5, 5.41) is 18.0. The van der Waals surface area contributed by atoms with Crippen LogP contribution in [0.1, 0.15) is 79.0 Å². The molecule has 8 nitrogen and oxygen atoms in total. The molecule has 35 heavy (non-hydrogen) atoms. The number of allylic oxidation sites excluding steroid dienone is 4. The largest absolute Gasteiger partial charge is 0.331 e. The summed E-state index contributed by atoms with van der Waals surface area (Å²) in [5.41, 5.74) is 0.720. The molecule has 2 heterocycles. The quantitative estimate of drug-likeness (QED) is 0.247. The third kappa shape index (κ3) is 11.7. The lowest BCUT2D eigenvalue weighted by atomic mass is 10.2. The smallest absolute Gasteiger partial charge is 0.295 e. The number of hydrogen-bond donors (Lipinski definition) is 2. The molecule has 0 aliphatic carbocycles. The molecule has 0 saturated heterocycles. The molecule has 0 spiro atoms. The number of aromatic amines is 1. The monoisotopic (exact) mass is 489 g/mol. The summed E-state index contributed by atoms with van der Waals surface area (Å²) in [7, 11) is 0. The third-order valence-electron chi connectivity index (χ3n) is 4.52. The molecule has 2 aromatic heterocycles. The van der Waals surface area contributed by atoms with Crippen molar-refractivity contribution in [3.8, 4) is 0 Å². The van der Waals surface area contributed by atoms with E-state index in [-0.39, 0.29) is 17.9 Å². The van der Waals surface area contributed by atoms with E-state index < -0.39 is 5.56 Å². The van der Waals surface area contributed by atoms with Crippen LogP contribution < -0.4 is 16.3 Å². The average molecular weight is 490 g/mol. The summed E-state index contributed by atoms with van der Waals surface area (Å²) in [6.45, 7) is 21.6. The molecule has 2 rings (SSSR count). The number of nitrogens with zero attached hydrogens (tertiary/aromatic N) is 4. The zero-order valence-electron chi connectivity index (χ0n) is 22.9. The van der Waals surface area contributed by atoms with Crippen LogP contribution in [0.3, 0.4) is 0 Å². The van der Waals surface area contributed by atoms with Crippen LogP contribution in [0.15, 0.2) is 59.4 Å². The minimum atomic E-state index is -0.447. The highest BCUT2D eigenvalue weighted by Gasteiger charge is 2.22. The van der Waals surface area contributed by atoms with Crippen LogP contribution in [0, 0.1) is 0 Å². The molecular formula is C27H47N5O3. The SMILES string of the molecule is C/C=C/CC.C=CC=C.CC.CCCn1c(CC)c(N(O)Cc2cn[nH]c2)c(=O)n(CCC)c1=O. The molecule has 0 unspecified atom stereocenters. The Hall–Kier alpha value is -3.13. The topological polar surface area (TPSA) is 96.2 Å². The minimum Gasteiger partial charge on any atom is -0.295 e. The summed E-state index contributed by atoms with van der Waals surface area (Å²) in [5.74, 6) is 0. The van der Waals surface area contributed by atoms with Gasteiger partial charge in [0.15, 0.2) is 0 Å². The van der Waals surface area contributed by atoms with Crippen LogP contribution in [-0.4, -0.2) is 24.5 Å². The zero-order chi connectivity index (χ0) is 27.2. The van der Waals surface area contributed by atoms with E-state index in [1.807, 2.05) is 41.5 Å². The van der Waals surface area contributed by atoms with Crippen molar-refractivity contribution in [2.24, 2.45) is 0 Å². The fourth-order valence-electron chi connectivity index (χ4n) is 3.07. The molecule has 8 heteroatoms. The Kier molecular flexibility index (Phi) is 20.8. The maximum atomic E-state index is 12.8. The summed E-state index contributed by atoms with van der Waals surface area (Å²) >= 11 is 0. The van der Waals surface area contributed by atoms with E-state index in [9.17, 15) is 14.8 Å². The lowest BCUT2D eigenvalue weighted by Crippen LogP contribution is -2.44. The zero-order valence-corrected chi connectivity index (χ0v) is 22.9. The van der Waals surface area contributed by atoms with E-state index in [0.717, 1.165) is 23.5 Å². The van der Waals surface area contributed by atoms with Crippen LogP contribution in [0.2, 0.25) is 0 Å². The van der Waals surface area contributed by atoms with Gasteiger partial charge in [-0.3, -0.25) is 24.2 Å². The molecule has 0 aliphatic rings. The molecule has 0 fully saturated rings. The summed E-state index contributed by atoms with van der Waals surface area (Å²) < 4.78 is 2.81. The van der Waals surface area contributed by atoms with Gasteiger partial charge >= 0.3 is 5.69 Å². The van der Waals surface area contributed by atoms with Crippen molar-refractivity contribution < 1.29 is 5.21 Å². The fourth-order valence-corrected chi connectivity index (χ4v) is 3.07. The van der Waals surface area contributed by atoms with E-state index in [4.69, 9.17) is 0 Å². The van der Waals surface area contributed by atoms with Gasteiger partial charge in [-0.1, -0.05) is 79.0 Å². The predicted molar refractivity (Wildman–Crippen MR) is 148 cm³/mol. The van der Waals surface area contributed by atoms with Gasteiger partial charge in [-0.2, -0.15) is 5.10 Å². The van der Waals surface area contributed by atoms with Crippen molar-refractivity contribution in [3.05, 3.63) is 82.0 Å². The van der Waals surface area contributed by atoms with Crippen molar-refractivity contribution in [2.75, 3.05) is 5.06 Å². The van der Waals surface area contributed by atoms with Crippen LogP contribution in [-0.2, 0) is 26.1 Å². The molecule has 198 valence electrons. The summed E-state index contributed by atoms with van der Waals surface area (Å²) in [6, 6.07) is 0. The van der Waals surface area contributed by atoms with Crippen molar-refractivity contribution >= 4 is 5.69 Å². The Labute approximate surface area is 211 Å². The second-order valence-corrected chi connectivity index (χ2v) is 7.15. The van der Waals surface area contributed by atoms with Crippen LogP contribution >= 0.6 is 0 Å². The Morgan fingerprint density at radius 3 is 2.00 bits per heavy atom. The third-order valence-corrected chi connectivity index (χ3v) is 4.52. The lowest BCUT2D eigenvalue weighted by molar-refractivity contribution is 0.245. The highest BCUT2D eigenvalue weighted by molar-refractivity contribution is 5.47. The van der Waals surface area contributed by atoms with Crippen molar-refractivity contribution in [1.82, 2.24) is 19.3 Å². The number of hydroxylamine groups is 1. The van der Waals surface area contributed by atoms with Gasteiger partial charge in [0.1, 0.15) is 5.69 Å². The summed E-state index contributed by atoms with van der Waals surface area (Å²) in [4.78, 5) is 25.5. The standard InChI is InChI=1S/C16H25N5O3.C5H10.C4H6.C2H6/c1-4-7-19-13(6-3)14(15(22)20(8-5-2)16(19)23)21(24)11-12-9-17-18-10-12;1-3-5-4-2;1-3-4-2;1-2/h9-10,24H,4-8,11H2,1-3H3,(H,17,18);3,5H,4H2,1-2H3;3-4H,1-2H2;1-2H3/b;5-3+;;. The van der Waals surface area contributed by atoms with Gasteiger partial charge in [-0.05, 0) is 32.6 Å². The van der Waals surface area contributed by atoms with Gasteiger partial charge < -0.3 is 0 Å². The number of rotatable bonds is 10. The maximum absolute atomic E-state index is 12.8. The molecule has 0 aliphatic heterocycles. The molecule has 0 amide bonds. The first kappa shape index (κ1) is 34.0. The molecular weight excluding hydrogens is 442 g/mol. The first-order chi connectivity index (χ1) is 16.9. The molecule has 0 aromatic carbocycles. The van der Waals surface area contributed by atoms with Gasteiger partial charge in [0, 0.05) is 24.8 Å². The van der Waals surface area contributed by atoms with Gasteiger partial charge in [0.2, 0.25) is 0 Å². The van der Waals surface area contributed by atoms with E-state index in [0.29, 0.717) is 31.6 Å². The second kappa shape index (κ2) is 21.4.